The van der Waals surface area contributed by atoms with Gasteiger partial charge in [-0.3, -0.25) is 0 Å². The van der Waals surface area contributed by atoms with Crippen LogP contribution in [0.25, 0.3) is 0 Å². The minimum absolute atomic E-state index is 0.644. The van der Waals surface area contributed by atoms with Gasteiger partial charge in [0, 0.05) is 6.42 Å². The van der Waals surface area contributed by atoms with Crippen molar-refractivity contribution in [3.05, 3.63) is 127 Å². The van der Waals surface area contributed by atoms with Gasteiger partial charge in [-0.25, -0.2) is 0 Å². The molecule has 39 heavy (non-hydrogen) atoms. The Morgan fingerprint density at radius 2 is 0.923 bits per heavy atom. The molecule has 0 saturated carbocycles. The average molecular weight is 528 g/mol. The molecule has 0 rings (SSSR count). The van der Waals surface area contributed by atoms with Crippen LogP contribution < -0.4 is 0 Å². The zero-order chi connectivity index (χ0) is 28.5. The highest BCUT2D eigenvalue weighted by atomic mass is 14.1. The third-order valence-electron chi connectivity index (χ3n) is 6.06. The lowest BCUT2D eigenvalue weighted by molar-refractivity contribution is 0.551. The molecule has 0 radical (unpaired) electrons. The van der Waals surface area contributed by atoms with Crippen LogP contribution in [0.2, 0.25) is 0 Å². The number of allylic oxidation sites excluding steroid dienone is 20. The van der Waals surface area contributed by atoms with Crippen molar-refractivity contribution in [2.75, 3.05) is 0 Å². The first-order chi connectivity index (χ1) is 19.3. The zero-order valence-corrected chi connectivity index (χ0v) is 25.8. The average Bonchev–Trinajstić information content (AvgIpc) is 2.94. The minimum Gasteiger partial charge on any atom is -0.0885 e. The van der Waals surface area contributed by atoms with Crippen molar-refractivity contribution in [1.29, 1.82) is 0 Å². The molecule has 0 aromatic heterocycles. The van der Waals surface area contributed by atoms with Gasteiger partial charge in [0.05, 0.1) is 12.8 Å². The molecule has 0 fully saturated rings. The number of rotatable bonds is 24. The number of hydrogen-bond acceptors (Lipinski definition) is 0. The van der Waals surface area contributed by atoms with Crippen LogP contribution in [-0.4, -0.2) is 0 Å². The molecule has 0 aromatic carbocycles. The molecule has 0 aliphatic rings. The van der Waals surface area contributed by atoms with Crippen molar-refractivity contribution < 1.29 is 0 Å². The quantitative estimate of drug-likeness (QED) is 0.0665. The van der Waals surface area contributed by atoms with E-state index in [0.717, 1.165) is 77.0 Å². The van der Waals surface area contributed by atoms with E-state index in [1.165, 1.54) is 12.0 Å². The summed E-state index contributed by atoms with van der Waals surface area (Å²) in [7, 11) is 0. The van der Waals surface area contributed by atoms with E-state index in [9.17, 15) is 0 Å². The largest absolute Gasteiger partial charge is 0.101 e. The van der Waals surface area contributed by atoms with Crippen molar-refractivity contribution in [3.8, 4) is 0 Å². The van der Waals surface area contributed by atoms with Crippen LogP contribution in [0, 0.1) is 12.3 Å². The third kappa shape index (κ3) is 28.1. The van der Waals surface area contributed by atoms with E-state index < -0.39 is 0 Å². The fraction of sp³-hybridized carbons (Fsp3) is 0.462. The molecule has 0 amide bonds. The molecule has 0 aliphatic heterocycles. The van der Waals surface area contributed by atoms with E-state index in [1.54, 1.807) is 0 Å². The molecule has 1 atom stereocenters. The highest BCUT2D eigenvalue weighted by Gasteiger charge is 2.13. The Balaban J connectivity index is 4.90. The van der Waals surface area contributed by atoms with E-state index in [4.69, 9.17) is 0 Å². The van der Waals surface area contributed by atoms with Gasteiger partial charge >= 0.3 is 0 Å². The summed E-state index contributed by atoms with van der Waals surface area (Å²) in [5.41, 5.74) is 1.30. The SMILES string of the molecule is CCC=CCC=CCC=CCC=CC(C=CCC([CH+]CC)CCC=CCC=CCC)=CCC=CCC=CCC. The van der Waals surface area contributed by atoms with E-state index in [1.807, 2.05) is 0 Å². The highest BCUT2D eigenvalue weighted by Crippen LogP contribution is 2.19. The predicted octanol–water partition coefficient (Wildman–Crippen LogP) is 12.9. The van der Waals surface area contributed by atoms with Gasteiger partial charge in [0.15, 0.2) is 0 Å². The van der Waals surface area contributed by atoms with Crippen LogP contribution in [0.3, 0.4) is 0 Å². The van der Waals surface area contributed by atoms with Gasteiger partial charge in [0.2, 0.25) is 0 Å². The van der Waals surface area contributed by atoms with Crippen molar-refractivity contribution in [2.24, 2.45) is 5.92 Å². The topological polar surface area (TPSA) is 0 Å². The molecule has 214 valence electrons. The van der Waals surface area contributed by atoms with Crippen LogP contribution in [0.1, 0.15) is 111 Å². The van der Waals surface area contributed by atoms with Crippen molar-refractivity contribution in [1.82, 2.24) is 0 Å². The Hall–Kier alpha value is -2.73. The van der Waals surface area contributed by atoms with E-state index in [0.29, 0.717) is 5.92 Å². The molecule has 0 saturated heterocycles. The second kappa shape index (κ2) is 31.5. The lowest BCUT2D eigenvalue weighted by Gasteiger charge is -2.05. The van der Waals surface area contributed by atoms with Gasteiger partial charge in [0.25, 0.3) is 0 Å². The van der Waals surface area contributed by atoms with Crippen LogP contribution in [0.15, 0.2) is 121 Å². The monoisotopic (exact) mass is 527 g/mol. The normalized spacial score (nSPS) is 14.6. The first kappa shape index (κ1) is 36.3. The van der Waals surface area contributed by atoms with Gasteiger partial charge in [-0.1, -0.05) is 136 Å². The summed E-state index contributed by atoms with van der Waals surface area (Å²) >= 11 is 0. The van der Waals surface area contributed by atoms with Crippen LogP contribution >= 0.6 is 0 Å². The summed E-state index contributed by atoms with van der Waals surface area (Å²) < 4.78 is 0. The van der Waals surface area contributed by atoms with Crippen molar-refractivity contribution in [3.63, 3.8) is 0 Å². The molecule has 0 heteroatoms. The Bertz CT molecular complexity index is 816. The lowest BCUT2D eigenvalue weighted by Crippen LogP contribution is -1.99. The summed E-state index contributed by atoms with van der Waals surface area (Å²) in [6.07, 6.45) is 59.8. The van der Waals surface area contributed by atoms with Crippen molar-refractivity contribution in [2.45, 2.75) is 111 Å². The Morgan fingerprint density at radius 1 is 0.487 bits per heavy atom. The molecule has 0 spiro atoms. The van der Waals surface area contributed by atoms with E-state index in [2.05, 4.69) is 150 Å². The van der Waals surface area contributed by atoms with Gasteiger partial charge < -0.3 is 0 Å². The van der Waals surface area contributed by atoms with Gasteiger partial charge in [-0.15, -0.1) is 0 Å². The fourth-order valence-corrected chi connectivity index (χ4v) is 3.93. The summed E-state index contributed by atoms with van der Waals surface area (Å²) in [6, 6.07) is 0. The summed E-state index contributed by atoms with van der Waals surface area (Å²) in [5, 5.41) is 0. The van der Waals surface area contributed by atoms with Gasteiger partial charge in [-0.05, 0) is 83.1 Å². The summed E-state index contributed by atoms with van der Waals surface area (Å²) in [4.78, 5) is 0. The summed E-state index contributed by atoms with van der Waals surface area (Å²) in [5.74, 6) is 0.644. The van der Waals surface area contributed by atoms with Gasteiger partial charge in [-0.2, -0.15) is 0 Å². The molecule has 0 heterocycles. The molecule has 0 N–H and O–H groups in total. The standard InChI is InChI=1S/C39H59/c1-5-9-12-15-18-19-20-21-24-27-30-35-39(34-29-26-23-17-14-11-7-3)37-31-36-38(32-8-4)33-28-25-22-16-13-10-6-2/h9-14,18-19,21-26,30-32,34-35,37-38H,5-8,15-17,20,27-29,33,36H2,1-4H3/q+1. The Morgan fingerprint density at radius 3 is 1.44 bits per heavy atom. The van der Waals surface area contributed by atoms with Crippen LogP contribution in [0.5, 0.6) is 0 Å². The maximum atomic E-state index is 2.49. The van der Waals surface area contributed by atoms with Crippen LogP contribution in [0.4, 0.5) is 0 Å². The molecule has 0 bridgehead atoms. The molecule has 0 aromatic rings. The first-order valence-electron chi connectivity index (χ1n) is 15.7. The zero-order valence-electron chi connectivity index (χ0n) is 25.8. The maximum absolute atomic E-state index is 2.49. The van der Waals surface area contributed by atoms with Gasteiger partial charge in [0.1, 0.15) is 5.92 Å². The maximum Gasteiger partial charge on any atom is 0.101 e. The molecule has 1 unspecified atom stereocenters. The Labute approximate surface area is 244 Å². The molecular formula is C39H59+. The highest BCUT2D eigenvalue weighted by molar-refractivity contribution is 5.31. The molecule has 0 nitrogen and oxygen atoms in total. The smallest absolute Gasteiger partial charge is 0.0885 e. The lowest BCUT2D eigenvalue weighted by atomic mass is 9.94. The van der Waals surface area contributed by atoms with E-state index >= 15 is 0 Å². The molecular weight excluding hydrogens is 468 g/mol. The Kier molecular flexibility index (Phi) is 29.3. The van der Waals surface area contributed by atoms with E-state index in [-0.39, 0.29) is 0 Å². The summed E-state index contributed by atoms with van der Waals surface area (Å²) in [6.45, 7) is 8.79. The number of hydrogen-bond donors (Lipinski definition) is 0. The minimum atomic E-state index is 0.644. The third-order valence-corrected chi connectivity index (χ3v) is 6.06. The van der Waals surface area contributed by atoms with Crippen LogP contribution in [-0.2, 0) is 0 Å². The molecule has 0 aliphatic carbocycles. The fourth-order valence-electron chi connectivity index (χ4n) is 3.93. The predicted molar refractivity (Wildman–Crippen MR) is 181 cm³/mol. The second-order valence-corrected chi connectivity index (χ2v) is 9.66. The first-order valence-corrected chi connectivity index (χ1v) is 15.7. The van der Waals surface area contributed by atoms with Crippen molar-refractivity contribution >= 4 is 0 Å². The second-order valence-electron chi connectivity index (χ2n) is 9.66.